The first kappa shape index (κ1) is 55.2. The number of hydrogen-bond acceptors (Lipinski definition) is 10. The summed E-state index contributed by atoms with van der Waals surface area (Å²) in [7, 11) is 3.42. The molecule has 16 heteroatoms. The molecular formula is C60H78N10O6. The molecule has 0 saturated carbocycles. The topological polar surface area (TPSA) is 205 Å². The lowest BCUT2D eigenvalue weighted by atomic mass is 9.97. The van der Waals surface area contributed by atoms with Crippen LogP contribution < -0.4 is 42.5 Å². The second-order valence-electron chi connectivity index (χ2n) is 21.1. The van der Waals surface area contributed by atoms with Gasteiger partial charge in [0.2, 0.25) is 35.4 Å². The summed E-state index contributed by atoms with van der Waals surface area (Å²) in [6.45, 7) is 8.76. The van der Waals surface area contributed by atoms with Gasteiger partial charge in [-0.1, -0.05) is 141 Å². The van der Waals surface area contributed by atoms with E-state index in [9.17, 15) is 28.8 Å². The van der Waals surface area contributed by atoms with Crippen LogP contribution in [0.25, 0.3) is 0 Å². The van der Waals surface area contributed by atoms with Gasteiger partial charge in [-0.3, -0.25) is 28.8 Å². The molecule has 404 valence electrons. The third-order valence-electron chi connectivity index (χ3n) is 16.0. The standard InChI is InChI=1S/C60H78N10O6/c1-38(61-4)55(71)65-49-22-14-12-20-47-32-34-51(69(47)59(49)75)57(73)67-53(43-16-8-6-9-17-43)45-28-24-41(25-29-45)36-63-40(3)64-37-42-26-30-46(31-27-42)54(44-18-10-7-11-19-44)68-58(74)52-35-33-48-21-13-15-23-50(60(76)70(48)52)66-56(72)39(2)62-5/h6-11,16-19,24-31,38-39,47-54,61-64H,3,12-15,20-23,32-37H2,1-2,4-5H3,(H,65,71)(H,66,72)(H,67,73)(H,68,74)/t38-,39-,47-,48-,49-,50-,51-,52-,53-,54-/m0/s1. The van der Waals surface area contributed by atoms with Gasteiger partial charge >= 0.3 is 0 Å². The molecule has 16 nitrogen and oxygen atoms in total. The predicted molar refractivity (Wildman–Crippen MR) is 294 cm³/mol. The molecule has 76 heavy (non-hydrogen) atoms. The third kappa shape index (κ3) is 13.5. The Morgan fingerprint density at radius 1 is 0.500 bits per heavy atom. The fourth-order valence-electron chi connectivity index (χ4n) is 11.3. The first-order chi connectivity index (χ1) is 36.8. The number of fused-ring (bicyclic) bond motifs is 2. The number of carbonyl (C=O) groups is 6. The molecule has 8 rings (SSSR count). The van der Waals surface area contributed by atoms with Crippen LogP contribution in [-0.2, 0) is 41.9 Å². The van der Waals surface area contributed by atoms with Crippen LogP contribution >= 0.6 is 0 Å². The Hall–Kier alpha value is -7.04. The zero-order valence-electron chi connectivity index (χ0n) is 44.6. The van der Waals surface area contributed by atoms with Crippen molar-refractivity contribution in [1.29, 1.82) is 0 Å². The van der Waals surface area contributed by atoms with E-state index in [1.807, 2.05) is 109 Å². The highest BCUT2D eigenvalue weighted by molar-refractivity contribution is 5.95. The quantitative estimate of drug-likeness (QED) is 0.0559. The zero-order valence-corrected chi connectivity index (χ0v) is 44.6. The van der Waals surface area contributed by atoms with Crippen LogP contribution in [0.4, 0.5) is 0 Å². The van der Waals surface area contributed by atoms with Crippen LogP contribution in [0.15, 0.2) is 122 Å². The number of carbonyl (C=O) groups excluding carboxylic acids is 6. The predicted octanol–water partition coefficient (Wildman–Crippen LogP) is 5.50. The van der Waals surface area contributed by atoms with Gasteiger partial charge in [-0.25, -0.2) is 0 Å². The SMILES string of the molecule is C=C(NCc1ccc([C@@H](NC(=O)[C@@H]2CC[C@@H]3CCCC[C@H](NC(=O)[C@H](C)NC)C(=O)N32)c2ccccc2)cc1)NCc1ccc([C@@H](NC(=O)[C@@H]2CC[C@@H]3CCCC[C@H](NC(=O)[C@H](C)NC)C(=O)N32)c2ccccc2)cc1. The highest BCUT2D eigenvalue weighted by Gasteiger charge is 2.46. The van der Waals surface area contributed by atoms with Crippen LogP contribution in [0.2, 0.25) is 0 Å². The molecular weight excluding hydrogens is 957 g/mol. The zero-order chi connectivity index (χ0) is 53.7. The summed E-state index contributed by atoms with van der Waals surface area (Å²) in [5, 5.41) is 25.2. The monoisotopic (exact) mass is 1030 g/mol. The van der Waals surface area contributed by atoms with Gasteiger partial charge in [0.05, 0.1) is 30.0 Å². The molecule has 6 amide bonds. The summed E-state index contributed by atoms with van der Waals surface area (Å²) >= 11 is 0. The maximum atomic E-state index is 14.3. The molecule has 4 saturated heterocycles. The number of likely N-dealkylation sites (N-methyl/N-ethyl adjacent to an activating group) is 2. The van der Waals surface area contributed by atoms with Gasteiger partial charge in [0.1, 0.15) is 24.2 Å². The van der Waals surface area contributed by atoms with E-state index in [1.165, 1.54) is 0 Å². The van der Waals surface area contributed by atoms with Gasteiger partial charge in [-0.15, -0.1) is 0 Å². The summed E-state index contributed by atoms with van der Waals surface area (Å²) in [5.74, 6) is -0.593. The molecule has 4 fully saturated rings. The van der Waals surface area contributed by atoms with Crippen molar-refractivity contribution < 1.29 is 28.8 Å². The van der Waals surface area contributed by atoms with Gasteiger partial charge < -0.3 is 52.3 Å². The average molecular weight is 1040 g/mol. The minimum Gasteiger partial charge on any atom is -0.368 e. The smallest absolute Gasteiger partial charge is 0.246 e. The highest BCUT2D eigenvalue weighted by Crippen LogP contribution is 2.35. The van der Waals surface area contributed by atoms with Crippen molar-refractivity contribution in [2.75, 3.05) is 14.1 Å². The lowest BCUT2D eigenvalue weighted by molar-refractivity contribution is -0.144. The van der Waals surface area contributed by atoms with Gasteiger partial charge in [-0.2, -0.15) is 0 Å². The van der Waals surface area contributed by atoms with Crippen molar-refractivity contribution in [2.45, 2.75) is 164 Å². The van der Waals surface area contributed by atoms with Crippen LogP contribution in [0.1, 0.15) is 136 Å². The van der Waals surface area contributed by atoms with E-state index in [4.69, 9.17) is 0 Å². The minimum absolute atomic E-state index is 0.0447. The Labute approximate surface area is 448 Å². The Kier molecular flexibility index (Phi) is 19.0. The lowest BCUT2D eigenvalue weighted by Gasteiger charge is -2.36. The summed E-state index contributed by atoms with van der Waals surface area (Å²) in [5.41, 5.74) is 5.69. The van der Waals surface area contributed by atoms with Crippen molar-refractivity contribution >= 4 is 35.4 Å². The van der Waals surface area contributed by atoms with Crippen molar-refractivity contribution in [3.05, 3.63) is 155 Å². The molecule has 4 aliphatic rings. The minimum atomic E-state index is -0.674. The first-order valence-corrected chi connectivity index (χ1v) is 27.5. The number of amides is 6. The molecule has 0 bridgehead atoms. The van der Waals surface area contributed by atoms with Crippen molar-refractivity contribution in [3.63, 3.8) is 0 Å². The van der Waals surface area contributed by atoms with Crippen LogP contribution in [0.5, 0.6) is 0 Å². The largest absolute Gasteiger partial charge is 0.368 e. The Morgan fingerprint density at radius 3 is 1.22 bits per heavy atom. The van der Waals surface area contributed by atoms with E-state index in [1.54, 1.807) is 37.7 Å². The van der Waals surface area contributed by atoms with Gasteiger partial charge in [0.25, 0.3) is 0 Å². The number of nitrogens with zero attached hydrogens (tertiary/aromatic N) is 2. The molecule has 10 atom stereocenters. The highest BCUT2D eigenvalue weighted by atomic mass is 16.2. The van der Waals surface area contributed by atoms with Crippen LogP contribution in [-0.4, -0.2) is 108 Å². The van der Waals surface area contributed by atoms with E-state index in [-0.39, 0.29) is 47.5 Å². The van der Waals surface area contributed by atoms with Crippen LogP contribution in [0, 0.1) is 0 Å². The Morgan fingerprint density at radius 2 is 0.855 bits per heavy atom. The fraction of sp³-hybridized carbons (Fsp3) is 0.467. The number of rotatable bonds is 20. The summed E-state index contributed by atoms with van der Waals surface area (Å²) in [6, 6.07) is 31.4. The Balaban J connectivity index is 0.867. The van der Waals surface area contributed by atoms with Crippen molar-refractivity contribution in [3.8, 4) is 0 Å². The lowest BCUT2D eigenvalue weighted by Crippen LogP contribution is -2.58. The summed E-state index contributed by atoms with van der Waals surface area (Å²) < 4.78 is 0. The summed E-state index contributed by atoms with van der Waals surface area (Å²) in [4.78, 5) is 86.2. The molecule has 4 aliphatic heterocycles. The second kappa shape index (κ2) is 26.1. The molecule has 4 aromatic rings. The van der Waals surface area contributed by atoms with Crippen LogP contribution in [0.3, 0.4) is 0 Å². The van der Waals surface area contributed by atoms with E-state index in [0.717, 1.165) is 84.7 Å². The maximum Gasteiger partial charge on any atom is 0.246 e. The molecule has 0 spiro atoms. The molecule has 0 aromatic heterocycles. The molecule has 0 radical (unpaired) electrons. The third-order valence-corrected chi connectivity index (χ3v) is 16.0. The maximum absolute atomic E-state index is 14.3. The normalized spacial score (nSPS) is 23.2. The van der Waals surface area contributed by atoms with E-state index < -0.39 is 48.3 Å². The van der Waals surface area contributed by atoms with Gasteiger partial charge in [0.15, 0.2) is 0 Å². The molecule has 4 aromatic carbocycles. The van der Waals surface area contributed by atoms with Gasteiger partial charge in [0, 0.05) is 25.2 Å². The second-order valence-corrected chi connectivity index (χ2v) is 21.1. The van der Waals surface area contributed by atoms with E-state index in [0.29, 0.717) is 44.6 Å². The molecule has 4 heterocycles. The number of benzene rings is 4. The van der Waals surface area contributed by atoms with Crippen molar-refractivity contribution in [2.24, 2.45) is 0 Å². The molecule has 8 N–H and O–H groups in total. The number of hydrogen-bond donors (Lipinski definition) is 8. The molecule has 0 aliphatic carbocycles. The van der Waals surface area contributed by atoms with E-state index in [2.05, 4.69) is 49.1 Å². The Bertz CT molecular complexity index is 2460. The average Bonchev–Trinajstić information content (AvgIpc) is 4.10. The molecule has 0 unspecified atom stereocenters. The van der Waals surface area contributed by atoms with Gasteiger partial charge in [-0.05, 0) is 113 Å². The fourth-order valence-corrected chi connectivity index (χ4v) is 11.3. The summed E-state index contributed by atoms with van der Waals surface area (Å²) in [6.07, 6.45) is 8.90. The number of nitrogens with one attached hydrogen (secondary N) is 8. The van der Waals surface area contributed by atoms with E-state index >= 15 is 0 Å². The first-order valence-electron chi connectivity index (χ1n) is 27.5. The van der Waals surface area contributed by atoms with Crippen molar-refractivity contribution in [1.82, 2.24) is 52.3 Å².